The minimum atomic E-state index is -0.295. The van der Waals surface area contributed by atoms with Crippen molar-refractivity contribution in [3.63, 3.8) is 0 Å². The quantitative estimate of drug-likeness (QED) is 0.348. The maximum absolute atomic E-state index is 15.0. The van der Waals surface area contributed by atoms with Gasteiger partial charge in [0.15, 0.2) is 0 Å². The molecule has 0 aliphatic carbocycles. The molecule has 35 heavy (non-hydrogen) atoms. The molecule has 0 spiro atoms. The van der Waals surface area contributed by atoms with E-state index in [1.165, 1.54) is 6.07 Å². The lowest BCUT2D eigenvalue weighted by Gasteiger charge is -2.34. The Morgan fingerprint density at radius 3 is 2.66 bits per heavy atom. The summed E-state index contributed by atoms with van der Waals surface area (Å²) < 4.78 is 15.0. The van der Waals surface area contributed by atoms with Crippen LogP contribution in [0, 0.1) is 17.1 Å². The van der Waals surface area contributed by atoms with E-state index in [9.17, 15) is 4.39 Å². The fourth-order valence-electron chi connectivity index (χ4n) is 4.15. The zero-order valence-electron chi connectivity index (χ0n) is 19.1. The van der Waals surface area contributed by atoms with Crippen LogP contribution in [0.3, 0.4) is 0 Å². The van der Waals surface area contributed by atoms with Gasteiger partial charge in [-0.2, -0.15) is 15.2 Å². The fourth-order valence-corrected chi connectivity index (χ4v) is 4.38. The third-order valence-corrected chi connectivity index (χ3v) is 6.30. The van der Waals surface area contributed by atoms with Crippen molar-refractivity contribution in [3.8, 4) is 6.07 Å². The first-order chi connectivity index (χ1) is 17.0. The maximum atomic E-state index is 15.0. The van der Waals surface area contributed by atoms with Gasteiger partial charge in [-0.05, 0) is 42.9 Å². The number of nitrogens with one attached hydrogen (secondary N) is 3. The highest BCUT2D eigenvalue weighted by Gasteiger charge is 2.18. The molecule has 4 aromatic rings. The second kappa shape index (κ2) is 9.78. The molecule has 1 fully saturated rings. The lowest BCUT2D eigenvalue weighted by atomic mass is 10.1. The van der Waals surface area contributed by atoms with Crippen molar-refractivity contribution in [2.24, 2.45) is 0 Å². The van der Waals surface area contributed by atoms with Gasteiger partial charge in [-0.1, -0.05) is 23.7 Å². The van der Waals surface area contributed by atoms with Gasteiger partial charge in [0.05, 0.1) is 28.6 Å². The van der Waals surface area contributed by atoms with Crippen LogP contribution < -0.4 is 15.5 Å². The summed E-state index contributed by atoms with van der Waals surface area (Å²) >= 11 is 6.39. The Morgan fingerprint density at radius 1 is 1.09 bits per heavy atom. The maximum Gasteiger partial charge on any atom is 0.231 e. The highest BCUT2D eigenvalue weighted by atomic mass is 35.5. The van der Waals surface area contributed by atoms with Crippen LogP contribution in [0.15, 0.2) is 48.7 Å². The molecule has 0 bridgehead atoms. The number of nitrogens with zero attached hydrogens (tertiary/aromatic N) is 5. The van der Waals surface area contributed by atoms with E-state index < -0.39 is 0 Å². The van der Waals surface area contributed by atoms with Gasteiger partial charge in [-0.25, -0.2) is 4.39 Å². The van der Waals surface area contributed by atoms with Crippen LogP contribution in [0.2, 0.25) is 5.02 Å². The number of H-pyrrole nitrogens is 1. The first-order valence-corrected chi connectivity index (χ1v) is 11.7. The minimum absolute atomic E-state index is 0.290. The number of anilines is 5. The van der Waals surface area contributed by atoms with E-state index >= 15 is 0 Å². The molecule has 0 radical (unpaired) electrons. The molecule has 2 aromatic carbocycles. The molecular weight excluding hydrogens is 467 g/mol. The number of fused-ring (bicyclic) bond motifs is 1. The fraction of sp³-hybridized carbons (Fsp3) is 0.240. The Kier molecular flexibility index (Phi) is 6.40. The lowest BCUT2D eigenvalue weighted by Crippen LogP contribution is -2.44. The summed E-state index contributed by atoms with van der Waals surface area (Å²) in [5.41, 5.74) is 3.33. The average molecular weight is 491 g/mol. The predicted octanol–water partition coefficient (Wildman–Crippen LogP) is 5.06. The van der Waals surface area contributed by atoms with Crippen LogP contribution in [-0.2, 0) is 6.42 Å². The Labute approximate surface area is 207 Å². The number of hydrogen-bond donors (Lipinski definition) is 3. The number of aromatic amines is 1. The molecule has 10 heteroatoms. The molecule has 178 valence electrons. The third kappa shape index (κ3) is 4.99. The Hall–Kier alpha value is -3.87. The van der Waals surface area contributed by atoms with Gasteiger partial charge in [-0.3, -0.25) is 0 Å². The van der Waals surface area contributed by atoms with Gasteiger partial charge in [0.2, 0.25) is 5.95 Å². The first kappa shape index (κ1) is 22.9. The van der Waals surface area contributed by atoms with Crippen LogP contribution in [0.5, 0.6) is 0 Å². The molecule has 8 nitrogen and oxygen atoms in total. The summed E-state index contributed by atoms with van der Waals surface area (Å²) in [5.74, 6) is 0.488. The monoisotopic (exact) mass is 490 g/mol. The summed E-state index contributed by atoms with van der Waals surface area (Å²) in [7, 11) is 2.07. The van der Waals surface area contributed by atoms with E-state index in [1.54, 1.807) is 12.3 Å². The van der Waals surface area contributed by atoms with E-state index in [0.717, 1.165) is 37.4 Å². The van der Waals surface area contributed by atoms with Crippen molar-refractivity contribution in [2.45, 2.75) is 6.42 Å². The van der Waals surface area contributed by atoms with Crippen molar-refractivity contribution < 1.29 is 4.39 Å². The number of rotatable bonds is 6. The molecule has 0 saturated carbocycles. The third-order valence-electron chi connectivity index (χ3n) is 6.00. The second-order valence-corrected chi connectivity index (χ2v) is 8.91. The van der Waals surface area contributed by atoms with Crippen LogP contribution in [0.25, 0.3) is 11.0 Å². The molecular formula is C25H24ClFN8. The smallest absolute Gasteiger partial charge is 0.231 e. The molecule has 0 unspecified atom stereocenters. The van der Waals surface area contributed by atoms with E-state index in [4.69, 9.17) is 16.9 Å². The molecule has 5 rings (SSSR count). The molecule has 3 N–H and O–H groups in total. The second-order valence-electron chi connectivity index (χ2n) is 8.50. The number of piperazine rings is 1. The summed E-state index contributed by atoms with van der Waals surface area (Å²) in [6.45, 7) is 3.39. The molecule has 1 saturated heterocycles. The largest absolute Gasteiger partial charge is 0.367 e. The molecule has 0 atom stereocenters. The summed E-state index contributed by atoms with van der Waals surface area (Å²) in [5, 5.41) is 16.5. The van der Waals surface area contributed by atoms with Crippen molar-refractivity contribution >= 4 is 51.5 Å². The summed E-state index contributed by atoms with van der Waals surface area (Å²) in [4.78, 5) is 16.5. The summed E-state index contributed by atoms with van der Waals surface area (Å²) in [6.07, 6.45) is 1.95. The van der Waals surface area contributed by atoms with Crippen LogP contribution in [-0.4, -0.2) is 53.1 Å². The van der Waals surface area contributed by atoms with E-state index in [-0.39, 0.29) is 5.82 Å². The molecule has 1 aliphatic heterocycles. The molecule has 0 amide bonds. The first-order valence-electron chi connectivity index (χ1n) is 11.3. The van der Waals surface area contributed by atoms with Crippen molar-refractivity contribution in [3.05, 3.63) is 65.1 Å². The number of halogens is 2. The van der Waals surface area contributed by atoms with E-state index in [0.29, 0.717) is 45.6 Å². The molecule has 1 aliphatic rings. The van der Waals surface area contributed by atoms with Gasteiger partial charge < -0.3 is 25.4 Å². The molecule has 3 heterocycles. The van der Waals surface area contributed by atoms with Crippen molar-refractivity contribution in [1.82, 2.24) is 19.9 Å². The number of aromatic nitrogens is 3. The van der Waals surface area contributed by atoms with Gasteiger partial charge in [0.25, 0.3) is 0 Å². The Morgan fingerprint density at radius 2 is 1.89 bits per heavy atom. The highest BCUT2D eigenvalue weighted by Crippen LogP contribution is 2.32. The number of benzene rings is 2. The van der Waals surface area contributed by atoms with Crippen LogP contribution >= 0.6 is 11.6 Å². The average Bonchev–Trinajstić information content (AvgIpc) is 3.21. The van der Waals surface area contributed by atoms with Crippen molar-refractivity contribution in [2.75, 3.05) is 48.8 Å². The zero-order valence-corrected chi connectivity index (χ0v) is 19.9. The van der Waals surface area contributed by atoms with E-state index in [1.807, 2.05) is 30.3 Å². The Bertz CT molecular complexity index is 1400. The predicted molar refractivity (Wildman–Crippen MR) is 137 cm³/mol. The van der Waals surface area contributed by atoms with Crippen LogP contribution in [0.1, 0.15) is 5.56 Å². The SMILES string of the molecule is CN1CCN(c2ccc(Nc3nc(Nc4cccc(CC#N)c4)c4c(Cl)c[nH]c4n3)cc2F)CC1. The standard InChI is InChI=1S/C25H24ClFN8/c1-34-9-11-35(12-10-34)21-6-5-18(14-20(21)27)31-25-32-23-22(19(26)15-29-23)24(33-25)30-17-4-2-3-16(13-17)7-8-28/h2-6,13-15H,7,9-12H2,1H3,(H3,29,30,31,32,33). The van der Waals surface area contributed by atoms with Gasteiger partial charge >= 0.3 is 0 Å². The van der Waals surface area contributed by atoms with Gasteiger partial charge in [-0.15, -0.1) is 0 Å². The minimum Gasteiger partial charge on any atom is -0.367 e. The van der Waals surface area contributed by atoms with E-state index in [2.05, 4.69) is 48.5 Å². The van der Waals surface area contributed by atoms with Crippen LogP contribution in [0.4, 0.5) is 33.2 Å². The number of nitriles is 1. The van der Waals surface area contributed by atoms with Gasteiger partial charge in [0, 0.05) is 43.8 Å². The number of hydrogen-bond acceptors (Lipinski definition) is 7. The molecule has 2 aromatic heterocycles. The highest BCUT2D eigenvalue weighted by molar-refractivity contribution is 6.36. The van der Waals surface area contributed by atoms with Gasteiger partial charge in [0.1, 0.15) is 17.3 Å². The summed E-state index contributed by atoms with van der Waals surface area (Å²) in [6, 6.07) is 14.8. The Balaban J connectivity index is 1.42. The lowest BCUT2D eigenvalue weighted by molar-refractivity contribution is 0.311. The zero-order chi connectivity index (χ0) is 24.4. The normalized spacial score (nSPS) is 14.2. The van der Waals surface area contributed by atoms with Crippen molar-refractivity contribution in [1.29, 1.82) is 5.26 Å². The number of likely N-dealkylation sites (N-methyl/N-ethyl adjacent to an activating group) is 1. The topological polar surface area (TPSA) is 95.9 Å².